The molecule has 31 heavy (non-hydrogen) atoms. The van der Waals surface area contributed by atoms with Crippen LogP contribution in [0.5, 0.6) is 0 Å². The van der Waals surface area contributed by atoms with Crippen molar-refractivity contribution in [3.63, 3.8) is 0 Å². The predicted octanol–water partition coefficient (Wildman–Crippen LogP) is 9.59. The molecular formula is C31H40. The van der Waals surface area contributed by atoms with Crippen molar-refractivity contribution in [3.05, 3.63) is 84.0 Å². The van der Waals surface area contributed by atoms with Crippen molar-refractivity contribution in [2.75, 3.05) is 0 Å². The van der Waals surface area contributed by atoms with Crippen LogP contribution in [0.15, 0.2) is 72.8 Å². The third-order valence-corrected chi connectivity index (χ3v) is 7.81. The van der Waals surface area contributed by atoms with E-state index in [-0.39, 0.29) is 0 Å². The van der Waals surface area contributed by atoms with E-state index in [9.17, 15) is 0 Å². The molecule has 0 saturated heterocycles. The van der Waals surface area contributed by atoms with Crippen LogP contribution in [0, 0.1) is 5.92 Å². The van der Waals surface area contributed by atoms with Gasteiger partial charge < -0.3 is 0 Å². The molecule has 1 fully saturated rings. The van der Waals surface area contributed by atoms with E-state index in [2.05, 4.69) is 68.1 Å². The normalized spacial score (nSPS) is 23.9. The highest BCUT2D eigenvalue weighted by atomic mass is 14.3. The van der Waals surface area contributed by atoms with Crippen LogP contribution in [-0.4, -0.2) is 0 Å². The molecule has 0 radical (unpaired) electrons. The Kier molecular flexibility index (Phi) is 7.84. The van der Waals surface area contributed by atoms with Gasteiger partial charge in [0.1, 0.15) is 0 Å². The summed E-state index contributed by atoms with van der Waals surface area (Å²) in [7, 11) is 0. The highest BCUT2D eigenvalue weighted by Gasteiger charge is 2.22. The maximum absolute atomic E-state index is 3.87. The van der Waals surface area contributed by atoms with Crippen molar-refractivity contribution < 1.29 is 0 Å². The molecular weight excluding hydrogens is 372 g/mol. The summed E-state index contributed by atoms with van der Waals surface area (Å²) in [4.78, 5) is 0. The fourth-order valence-electron chi connectivity index (χ4n) is 5.93. The lowest BCUT2D eigenvalue weighted by atomic mass is 9.77. The van der Waals surface area contributed by atoms with E-state index in [0.717, 1.165) is 18.3 Å². The molecule has 2 aromatic rings. The molecule has 0 nitrogen and oxygen atoms in total. The zero-order valence-corrected chi connectivity index (χ0v) is 19.5. The molecule has 164 valence electrons. The third kappa shape index (κ3) is 5.59. The third-order valence-electron chi connectivity index (χ3n) is 7.81. The Labute approximate surface area is 190 Å². The van der Waals surface area contributed by atoms with Crippen molar-refractivity contribution >= 4 is 0 Å². The summed E-state index contributed by atoms with van der Waals surface area (Å²) < 4.78 is 0. The van der Waals surface area contributed by atoms with Gasteiger partial charge in [0.15, 0.2) is 0 Å². The first-order valence-electron chi connectivity index (χ1n) is 12.8. The lowest BCUT2D eigenvalue weighted by Crippen LogP contribution is -2.13. The van der Waals surface area contributed by atoms with Crippen LogP contribution in [0.1, 0.15) is 101 Å². The van der Waals surface area contributed by atoms with Crippen LogP contribution in [0.2, 0.25) is 0 Å². The standard InChI is InChI=1S/C31H40/c1-3-5-9-25-14-18-28(19-15-25)30-10-6-7-11-31(30)29-22-20-27(21-23-29)26-16-12-24(8-4-2)13-17-26/h3,6-7,10-11,14,20-24,26,28H,1,4-5,8-9,12-13,15-19H2,2H3. The molecule has 2 aliphatic rings. The van der Waals surface area contributed by atoms with E-state index in [0.29, 0.717) is 5.92 Å². The van der Waals surface area contributed by atoms with E-state index in [1.165, 1.54) is 80.9 Å². The molecule has 1 atom stereocenters. The molecule has 0 heterocycles. The summed E-state index contributed by atoms with van der Waals surface area (Å²) in [6.45, 7) is 6.20. The van der Waals surface area contributed by atoms with E-state index in [1.807, 2.05) is 6.08 Å². The fraction of sp³-hybridized carbons (Fsp3) is 0.484. The second-order valence-electron chi connectivity index (χ2n) is 9.88. The van der Waals surface area contributed by atoms with E-state index < -0.39 is 0 Å². The second kappa shape index (κ2) is 11.0. The minimum Gasteiger partial charge on any atom is -0.103 e. The smallest absolute Gasteiger partial charge is 0.0118 e. The topological polar surface area (TPSA) is 0 Å². The molecule has 0 bridgehead atoms. The van der Waals surface area contributed by atoms with Gasteiger partial charge in [-0.3, -0.25) is 0 Å². The van der Waals surface area contributed by atoms with Crippen LogP contribution in [0.25, 0.3) is 11.1 Å². The molecule has 4 rings (SSSR count). The first-order chi connectivity index (χ1) is 15.3. The molecule has 0 aliphatic heterocycles. The Morgan fingerprint density at radius 2 is 1.68 bits per heavy atom. The van der Waals surface area contributed by atoms with Gasteiger partial charge in [0.2, 0.25) is 0 Å². The molecule has 0 amide bonds. The highest BCUT2D eigenvalue weighted by molar-refractivity contribution is 5.68. The molecule has 0 N–H and O–H groups in total. The largest absolute Gasteiger partial charge is 0.103 e. The van der Waals surface area contributed by atoms with Crippen LogP contribution < -0.4 is 0 Å². The number of rotatable bonds is 8. The van der Waals surface area contributed by atoms with Gasteiger partial charge in [-0.1, -0.05) is 86.0 Å². The summed E-state index contributed by atoms with van der Waals surface area (Å²) >= 11 is 0. The summed E-state index contributed by atoms with van der Waals surface area (Å²) in [6.07, 6.45) is 18.9. The van der Waals surface area contributed by atoms with Crippen LogP contribution in [-0.2, 0) is 0 Å². The maximum atomic E-state index is 3.87. The molecule has 0 aromatic heterocycles. The number of hydrogen-bond acceptors (Lipinski definition) is 0. The van der Waals surface area contributed by atoms with Crippen LogP contribution in [0.4, 0.5) is 0 Å². The fourth-order valence-corrected chi connectivity index (χ4v) is 5.93. The Morgan fingerprint density at radius 3 is 2.35 bits per heavy atom. The van der Waals surface area contributed by atoms with Crippen molar-refractivity contribution in [2.24, 2.45) is 5.92 Å². The molecule has 0 heteroatoms. The molecule has 2 aromatic carbocycles. The SMILES string of the molecule is C=CCCC1=CCC(c2ccccc2-c2ccc(C3CCC(CCC)CC3)cc2)CC1. The summed E-state index contributed by atoms with van der Waals surface area (Å²) in [6, 6.07) is 18.7. The Bertz CT molecular complexity index is 861. The van der Waals surface area contributed by atoms with Gasteiger partial charge in [-0.05, 0) is 97.8 Å². The number of allylic oxidation sites excluding steroid dienone is 3. The first kappa shape index (κ1) is 22.1. The van der Waals surface area contributed by atoms with Crippen LogP contribution in [0.3, 0.4) is 0 Å². The van der Waals surface area contributed by atoms with E-state index >= 15 is 0 Å². The lowest BCUT2D eigenvalue weighted by Gasteiger charge is -2.29. The Hall–Kier alpha value is -2.08. The average molecular weight is 413 g/mol. The van der Waals surface area contributed by atoms with Gasteiger partial charge in [0.05, 0.1) is 0 Å². The lowest BCUT2D eigenvalue weighted by molar-refractivity contribution is 0.308. The quantitative estimate of drug-likeness (QED) is 0.379. The van der Waals surface area contributed by atoms with Gasteiger partial charge in [-0.25, -0.2) is 0 Å². The van der Waals surface area contributed by atoms with Crippen LogP contribution >= 0.6 is 0 Å². The van der Waals surface area contributed by atoms with Crippen molar-refractivity contribution in [3.8, 4) is 11.1 Å². The number of hydrogen-bond donors (Lipinski definition) is 0. The van der Waals surface area contributed by atoms with Gasteiger partial charge in [0, 0.05) is 0 Å². The zero-order chi connectivity index (χ0) is 21.5. The molecule has 1 unspecified atom stereocenters. The zero-order valence-electron chi connectivity index (χ0n) is 19.5. The minimum absolute atomic E-state index is 0.650. The van der Waals surface area contributed by atoms with Crippen molar-refractivity contribution in [1.29, 1.82) is 0 Å². The minimum atomic E-state index is 0.650. The molecule has 1 saturated carbocycles. The van der Waals surface area contributed by atoms with Gasteiger partial charge in [-0.15, -0.1) is 6.58 Å². The average Bonchev–Trinajstić information content (AvgIpc) is 2.84. The van der Waals surface area contributed by atoms with Crippen molar-refractivity contribution in [1.82, 2.24) is 0 Å². The summed E-state index contributed by atoms with van der Waals surface area (Å²) in [5, 5.41) is 0. The predicted molar refractivity (Wildman–Crippen MR) is 136 cm³/mol. The Balaban J connectivity index is 1.45. The van der Waals surface area contributed by atoms with E-state index in [1.54, 1.807) is 11.1 Å². The van der Waals surface area contributed by atoms with Gasteiger partial charge in [-0.2, -0.15) is 0 Å². The first-order valence-corrected chi connectivity index (χ1v) is 12.8. The highest BCUT2D eigenvalue weighted by Crippen LogP contribution is 2.40. The summed E-state index contributed by atoms with van der Waals surface area (Å²) in [5.41, 5.74) is 7.55. The summed E-state index contributed by atoms with van der Waals surface area (Å²) in [5.74, 6) is 2.40. The molecule has 0 spiro atoms. The molecule has 2 aliphatic carbocycles. The van der Waals surface area contributed by atoms with Gasteiger partial charge >= 0.3 is 0 Å². The Morgan fingerprint density at radius 1 is 0.903 bits per heavy atom. The van der Waals surface area contributed by atoms with Crippen molar-refractivity contribution in [2.45, 2.75) is 89.4 Å². The second-order valence-corrected chi connectivity index (χ2v) is 9.88. The monoisotopic (exact) mass is 412 g/mol. The maximum Gasteiger partial charge on any atom is -0.0118 e. The number of benzene rings is 2. The van der Waals surface area contributed by atoms with E-state index in [4.69, 9.17) is 0 Å². The van der Waals surface area contributed by atoms with Gasteiger partial charge in [0.25, 0.3) is 0 Å².